The Hall–Kier alpha value is -3.74. The molecule has 7 nitrogen and oxygen atoms in total. The molecule has 0 bridgehead atoms. The largest absolute Gasteiger partial charge is 0.452 e. The van der Waals surface area contributed by atoms with Crippen LogP contribution in [0.5, 0.6) is 0 Å². The van der Waals surface area contributed by atoms with E-state index in [1.165, 1.54) is 18.2 Å². The summed E-state index contributed by atoms with van der Waals surface area (Å²) in [4.78, 5) is 48.6. The van der Waals surface area contributed by atoms with Crippen LogP contribution in [-0.2, 0) is 9.53 Å². The van der Waals surface area contributed by atoms with Crippen molar-refractivity contribution in [1.82, 2.24) is 10.6 Å². The average molecular weight is 394 g/mol. The van der Waals surface area contributed by atoms with E-state index in [9.17, 15) is 19.2 Å². The molecule has 150 valence electrons. The number of rotatable bonds is 7. The van der Waals surface area contributed by atoms with E-state index < -0.39 is 24.5 Å². The van der Waals surface area contributed by atoms with Gasteiger partial charge in [0.05, 0.1) is 5.56 Å². The monoisotopic (exact) mass is 394 g/mol. The van der Waals surface area contributed by atoms with Crippen LogP contribution in [0.3, 0.4) is 0 Å². The smallest absolute Gasteiger partial charge is 0.339 e. The summed E-state index contributed by atoms with van der Waals surface area (Å²) in [5, 5.41) is 4.38. The minimum Gasteiger partial charge on any atom is -0.452 e. The van der Waals surface area contributed by atoms with Crippen molar-refractivity contribution in [1.29, 1.82) is 0 Å². The molecule has 0 aliphatic heterocycles. The predicted molar refractivity (Wildman–Crippen MR) is 108 cm³/mol. The van der Waals surface area contributed by atoms with Crippen molar-refractivity contribution in [3.8, 4) is 0 Å². The summed E-state index contributed by atoms with van der Waals surface area (Å²) in [5.74, 6) is -1.94. The van der Waals surface area contributed by atoms with Gasteiger partial charge in [0.2, 0.25) is 0 Å². The van der Waals surface area contributed by atoms with E-state index in [0.717, 1.165) is 11.1 Å². The molecule has 0 heterocycles. The van der Waals surface area contributed by atoms with Crippen LogP contribution in [0, 0.1) is 13.8 Å². The number of esters is 1. The number of imide groups is 1. The number of ketones is 1. The number of hydrogen-bond acceptors (Lipinski definition) is 5. The zero-order valence-corrected chi connectivity index (χ0v) is 16.3. The molecule has 0 atom stereocenters. The van der Waals surface area contributed by atoms with Crippen molar-refractivity contribution in [2.45, 2.75) is 13.8 Å². The third kappa shape index (κ3) is 5.87. The number of urea groups is 1. The second-order valence-electron chi connectivity index (χ2n) is 6.32. The van der Waals surface area contributed by atoms with E-state index in [1.54, 1.807) is 18.2 Å². The molecule has 0 saturated carbocycles. The zero-order valence-electron chi connectivity index (χ0n) is 16.3. The minimum atomic E-state index is -0.832. The van der Waals surface area contributed by atoms with E-state index in [-0.39, 0.29) is 23.5 Å². The second-order valence-corrected chi connectivity index (χ2v) is 6.32. The fourth-order valence-electron chi connectivity index (χ4n) is 2.57. The summed E-state index contributed by atoms with van der Waals surface area (Å²) < 4.78 is 4.97. The van der Waals surface area contributed by atoms with E-state index >= 15 is 0 Å². The van der Waals surface area contributed by atoms with Crippen LogP contribution in [0.1, 0.15) is 37.4 Å². The maximum absolute atomic E-state index is 13.0. The first-order valence-electron chi connectivity index (χ1n) is 8.90. The Bertz CT molecular complexity index is 965. The summed E-state index contributed by atoms with van der Waals surface area (Å²) in [6.07, 6.45) is 1.45. The molecule has 29 heavy (non-hydrogen) atoms. The van der Waals surface area contributed by atoms with Crippen LogP contribution in [0.15, 0.2) is 55.1 Å². The lowest BCUT2D eigenvalue weighted by Crippen LogP contribution is -2.41. The molecule has 0 fully saturated rings. The highest BCUT2D eigenvalue weighted by molar-refractivity contribution is 6.15. The Morgan fingerprint density at radius 1 is 1.00 bits per heavy atom. The summed E-state index contributed by atoms with van der Waals surface area (Å²) in [7, 11) is 0. The molecular weight excluding hydrogens is 372 g/mol. The van der Waals surface area contributed by atoms with Gasteiger partial charge >= 0.3 is 12.0 Å². The second kappa shape index (κ2) is 9.98. The van der Waals surface area contributed by atoms with E-state index in [1.807, 2.05) is 31.3 Å². The van der Waals surface area contributed by atoms with E-state index in [4.69, 9.17) is 4.74 Å². The standard InChI is InChI=1S/C22H22N2O5/c1-4-11-23-22(28)24-19(25)13-29-21(27)17-8-6-5-7-16(17)20(26)18-12-14(2)9-10-15(18)3/h4-10,12H,1,11,13H2,2-3H3,(H2,23,24,25,28). The molecule has 3 amide bonds. The van der Waals surface area contributed by atoms with Gasteiger partial charge in [0.25, 0.3) is 5.91 Å². The predicted octanol–water partition coefficient (Wildman–Crippen LogP) is 2.70. The van der Waals surface area contributed by atoms with Crippen LogP contribution < -0.4 is 10.6 Å². The first-order valence-corrected chi connectivity index (χ1v) is 8.90. The molecule has 0 spiro atoms. The number of hydrogen-bond donors (Lipinski definition) is 2. The fraction of sp³-hybridized carbons (Fsp3) is 0.182. The van der Waals surface area contributed by atoms with Crippen LogP contribution in [0.2, 0.25) is 0 Å². The van der Waals surface area contributed by atoms with Gasteiger partial charge in [-0.05, 0) is 31.5 Å². The summed E-state index contributed by atoms with van der Waals surface area (Å²) >= 11 is 0. The summed E-state index contributed by atoms with van der Waals surface area (Å²) in [6.45, 7) is 6.65. The SMILES string of the molecule is C=CCNC(=O)NC(=O)COC(=O)c1ccccc1C(=O)c1cc(C)ccc1C. The first kappa shape index (κ1) is 21.6. The van der Waals surface area contributed by atoms with Gasteiger partial charge in [-0.15, -0.1) is 6.58 Å². The van der Waals surface area contributed by atoms with Gasteiger partial charge in [0.1, 0.15) is 0 Å². The average Bonchev–Trinajstić information content (AvgIpc) is 2.71. The Balaban J connectivity index is 2.11. The highest BCUT2D eigenvalue weighted by Crippen LogP contribution is 2.19. The van der Waals surface area contributed by atoms with Crippen LogP contribution in [-0.4, -0.2) is 36.8 Å². The quantitative estimate of drug-likeness (QED) is 0.427. The van der Waals surface area contributed by atoms with Gasteiger partial charge in [-0.1, -0.05) is 42.0 Å². The minimum absolute atomic E-state index is 0.0438. The molecule has 2 rings (SSSR count). The third-order valence-electron chi connectivity index (χ3n) is 4.02. The third-order valence-corrected chi connectivity index (χ3v) is 4.02. The number of benzene rings is 2. The lowest BCUT2D eigenvalue weighted by atomic mass is 9.94. The van der Waals surface area contributed by atoms with Crippen LogP contribution >= 0.6 is 0 Å². The van der Waals surface area contributed by atoms with Crippen LogP contribution in [0.25, 0.3) is 0 Å². The van der Waals surface area contributed by atoms with Crippen molar-refractivity contribution in [2.24, 2.45) is 0 Å². The molecule has 2 aromatic rings. The van der Waals surface area contributed by atoms with Gasteiger partial charge in [-0.3, -0.25) is 14.9 Å². The highest BCUT2D eigenvalue weighted by atomic mass is 16.5. The van der Waals surface area contributed by atoms with Gasteiger partial charge in [0, 0.05) is 17.7 Å². The lowest BCUT2D eigenvalue weighted by molar-refractivity contribution is -0.123. The maximum atomic E-state index is 13.0. The number of aryl methyl sites for hydroxylation is 2. The molecule has 7 heteroatoms. The molecule has 0 unspecified atom stereocenters. The normalized spacial score (nSPS) is 10.0. The van der Waals surface area contributed by atoms with Gasteiger partial charge in [-0.25, -0.2) is 9.59 Å². The fourth-order valence-corrected chi connectivity index (χ4v) is 2.57. The maximum Gasteiger partial charge on any atom is 0.339 e. The van der Waals surface area contributed by atoms with Gasteiger partial charge in [0.15, 0.2) is 12.4 Å². The number of carbonyl (C=O) groups excluding carboxylic acids is 4. The highest BCUT2D eigenvalue weighted by Gasteiger charge is 2.21. The van der Waals surface area contributed by atoms with Crippen LogP contribution in [0.4, 0.5) is 4.79 Å². The first-order chi connectivity index (χ1) is 13.8. The van der Waals surface area contributed by atoms with Crippen molar-refractivity contribution in [2.75, 3.05) is 13.2 Å². The van der Waals surface area contributed by atoms with Crippen molar-refractivity contribution < 1.29 is 23.9 Å². The Kier molecular flexibility index (Phi) is 7.42. The molecule has 0 aliphatic rings. The van der Waals surface area contributed by atoms with Crippen molar-refractivity contribution in [3.63, 3.8) is 0 Å². The van der Waals surface area contributed by atoms with E-state index in [2.05, 4.69) is 11.9 Å². The Labute approximate surface area is 168 Å². The topological polar surface area (TPSA) is 102 Å². The molecule has 0 radical (unpaired) electrons. The Morgan fingerprint density at radius 3 is 2.38 bits per heavy atom. The molecule has 0 aromatic heterocycles. The molecule has 0 saturated heterocycles. The lowest BCUT2D eigenvalue weighted by Gasteiger charge is -2.11. The molecule has 2 N–H and O–H groups in total. The number of carbonyl (C=O) groups is 4. The van der Waals surface area contributed by atoms with E-state index in [0.29, 0.717) is 5.56 Å². The van der Waals surface area contributed by atoms with Gasteiger partial charge < -0.3 is 10.1 Å². The van der Waals surface area contributed by atoms with Crippen molar-refractivity contribution in [3.05, 3.63) is 82.9 Å². The zero-order chi connectivity index (χ0) is 21.4. The molecule has 2 aromatic carbocycles. The molecular formula is C22H22N2O5. The number of nitrogens with one attached hydrogen (secondary N) is 2. The Morgan fingerprint density at radius 2 is 1.69 bits per heavy atom. The summed E-state index contributed by atoms with van der Waals surface area (Å²) in [6, 6.07) is 11.0. The van der Waals surface area contributed by atoms with Crippen molar-refractivity contribution >= 4 is 23.7 Å². The molecule has 0 aliphatic carbocycles. The number of ether oxygens (including phenoxy) is 1. The number of amides is 3. The summed E-state index contributed by atoms with van der Waals surface area (Å²) in [5.41, 5.74) is 2.42. The van der Waals surface area contributed by atoms with Gasteiger partial charge in [-0.2, -0.15) is 0 Å².